The number of halogens is 1. The van der Waals surface area contributed by atoms with E-state index in [9.17, 15) is 10.5 Å². The van der Waals surface area contributed by atoms with Crippen molar-refractivity contribution in [1.82, 2.24) is 49.5 Å². The number of aryl methyl sites for hydroxylation is 14. The van der Waals surface area contributed by atoms with Crippen LogP contribution in [0.3, 0.4) is 0 Å². The van der Waals surface area contributed by atoms with Gasteiger partial charge in [-0.3, -0.25) is 4.90 Å². The number of para-hydroxylation sites is 4. The third-order valence-electron chi connectivity index (χ3n) is 19.7. The number of aromatic nitrogens is 10. The number of nitriles is 2. The van der Waals surface area contributed by atoms with Gasteiger partial charge in [0.2, 0.25) is 10.3 Å². The maximum Gasteiger partial charge on any atom is 0.213 e. The molecule has 0 aliphatic carbocycles. The predicted molar refractivity (Wildman–Crippen MR) is 485 cm³/mol. The van der Waals surface area contributed by atoms with Crippen LogP contribution in [0.1, 0.15) is 142 Å². The van der Waals surface area contributed by atoms with E-state index in [1.165, 1.54) is 56.3 Å². The first-order valence-electron chi connectivity index (χ1n) is 38.2. The molecule has 16 rings (SSSR count). The second-order valence-corrected chi connectivity index (χ2v) is 36.3. The van der Waals surface area contributed by atoms with Crippen molar-refractivity contribution in [2.45, 2.75) is 149 Å². The molecular formula is C92H89ClN20S4. The summed E-state index contributed by atoms with van der Waals surface area (Å²) in [6.45, 7) is 41.5. The molecule has 0 spiro atoms. The highest BCUT2D eigenvalue weighted by atomic mass is 35.5. The molecule has 0 atom stereocenters. The number of rotatable bonds is 15. The molecule has 16 aromatic rings. The zero-order valence-corrected chi connectivity index (χ0v) is 73.1. The van der Waals surface area contributed by atoms with Gasteiger partial charge in [0.15, 0.2) is 32.9 Å². The van der Waals surface area contributed by atoms with E-state index in [0.29, 0.717) is 83.5 Å². The quantitative estimate of drug-likeness (QED) is 0.0808. The minimum absolute atomic E-state index is 0.311. The van der Waals surface area contributed by atoms with Gasteiger partial charge in [0, 0.05) is 27.9 Å². The van der Waals surface area contributed by atoms with Crippen LogP contribution in [0.4, 0.5) is 74.2 Å². The van der Waals surface area contributed by atoms with Gasteiger partial charge in [0.1, 0.15) is 46.3 Å². The molecule has 0 saturated heterocycles. The first kappa shape index (κ1) is 81.3. The fourth-order valence-electron chi connectivity index (χ4n) is 14.7. The number of thiazole rings is 4. The molecular weight excluding hydrogens is 1550 g/mol. The maximum atomic E-state index is 10.6. The number of benzene rings is 8. The summed E-state index contributed by atoms with van der Waals surface area (Å²) in [6, 6.07) is 58.1. The molecule has 0 bridgehead atoms. The van der Waals surface area contributed by atoms with Gasteiger partial charge in [-0.25, -0.2) is 29.9 Å². The van der Waals surface area contributed by atoms with Crippen molar-refractivity contribution in [3.05, 3.63) is 263 Å². The van der Waals surface area contributed by atoms with Crippen molar-refractivity contribution < 1.29 is 0 Å². The normalized spacial score (nSPS) is 11.7. The molecule has 0 radical (unpaired) electrons. The molecule has 0 saturated carbocycles. The highest BCUT2D eigenvalue weighted by Gasteiger charge is 2.33. The molecule has 0 amide bonds. The van der Waals surface area contributed by atoms with Gasteiger partial charge >= 0.3 is 0 Å². The van der Waals surface area contributed by atoms with Crippen LogP contribution in [0, 0.1) is 120 Å². The molecule has 0 aliphatic heterocycles. The van der Waals surface area contributed by atoms with E-state index < -0.39 is 10.8 Å². The SMILES string of the molecule is Cc1cc(C)c(Nc2cc(C)c(N=Nc3c(C#N)c(C(C)(C)C)nn3-c3nc4ccccc4s3)c(Nc3c(C)cc(C)cc3C)n2)c(C)c1.Cc1cc(C)c(Nc2nc(N(c3nc4ccccc4s3)c3c(C)cc(C)cc3C)cc(C)c2N=Nc2c(C#N)c(C(C)(C)C)nn2-c2nc3ccccc3s2)c(C)c1.Clc1nc2ccccc2s1. The molecule has 588 valence electrons. The highest BCUT2D eigenvalue weighted by molar-refractivity contribution is 7.23. The van der Waals surface area contributed by atoms with E-state index >= 15 is 0 Å². The van der Waals surface area contributed by atoms with Crippen LogP contribution < -0.4 is 20.9 Å². The summed E-state index contributed by atoms with van der Waals surface area (Å²) in [5.74, 6) is 3.07. The van der Waals surface area contributed by atoms with E-state index in [2.05, 4.69) is 176 Å². The number of nitrogens with zero attached hydrogens (tertiary/aromatic N) is 17. The van der Waals surface area contributed by atoms with E-state index in [0.717, 1.165) is 124 Å². The summed E-state index contributed by atoms with van der Waals surface area (Å²) in [4.78, 5) is 31.6. The molecule has 8 aromatic carbocycles. The molecule has 0 fully saturated rings. The Morgan fingerprint density at radius 1 is 0.385 bits per heavy atom. The Labute approximate surface area is 702 Å². The van der Waals surface area contributed by atoms with Crippen LogP contribution in [0.25, 0.3) is 51.1 Å². The Kier molecular flexibility index (Phi) is 23.0. The van der Waals surface area contributed by atoms with Gasteiger partial charge in [0.25, 0.3) is 0 Å². The standard InChI is InChI=1S/C46H44N10S2.C39H41N9S.C7H4ClNS/c1-25-19-27(3)38(28(4)20-25)51-42-39(52-53-43-32(24-47)41(46(8,9)10)54-56(43)45-49-34-16-12-14-18-36(34)58-45)29(5)23-37(50-42)55(40-30(6)21-26(2)22-31(40)7)44-48-33-15-11-13-17-35(33)57-44;1-21-15-23(3)32(24(4)16-21)42-31-19-27(7)34(36(43-31)44-33-25(5)17-22(2)18-26(33)6)45-46-37-28(20-40)35(39(8,9)10)47-48(37)38-41-29-13-11-12-14-30(29)49-38;8-7-9-5-3-1-2-4-6(5)10-7/h11-23H,1-10H3,(H,50,51);11-19H,1-10H3,(H2,42,43,44);1-4H. The number of pyridine rings is 2. The second-order valence-electron chi connectivity index (χ2n) is 31.7. The summed E-state index contributed by atoms with van der Waals surface area (Å²) in [5.41, 5.74) is 25.0. The third kappa shape index (κ3) is 17.2. The van der Waals surface area contributed by atoms with Crippen LogP contribution in [0.2, 0.25) is 4.47 Å². The van der Waals surface area contributed by atoms with E-state index in [4.69, 9.17) is 67.2 Å². The first-order chi connectivity index (χ1) is 55.8. The zero-order chi connectivity index (χ0) is 83.2. The number of fused-ring (bicyclic) bond motifs is 4. The highest BCUT2D eigenvalue weighted by Crippen LogP contribution is 2.47. The molecule has 0 aliphatic rings. The van der Waals surface area contributed by atoms with Gasteiger partial charge in [-0.05, 0) is 213 Å². The van der Waals surface area contributed by atoms with Gasteiger partial charge in [-0.1, -0.05) is 206 Å². The minimum atomic E-state index is -0.445. The average Bonchev–Trinajstić information content (AvgIpc) is 1.66. The van der Waals surface area contributed by atoms with Crippen molar-refractivity contribution in [2.24, 2.45) is 20.5 Å². The summed E-state index contributed by atoms with van der Waals surface area (Å²) in [7, 11) is 0. The predicted octanol–water partition coefficient (Wildman–Crippen LogP) is 27.5. The van der Waals surface area contributed by atoms with Crippen LogP contribution in [0.5, 0.6) is 0 Å². The summed E-state index contributed by atoms with van der Waals surface area (Å²) in [6.07, 6.45) is 0. The van der Waals surface area contributed by atoms with Crippen molar-refractivity contribution >= 4 is 172 Å². The molecule has 8 aromatic heterocycles. The Morgan fingerprint density at radius 3 is 1.12 bits per heavy atom. The second kappa shape index (κ2) is 33.1. The fourth-order valence-corrected chi connectivity index (χ4v) is 18.5. The first-order valence-corrected chi connectivity index (χ1v) is 41.9. The van der Waals surface area contributed by atoms with E-state index in [1.807, 2.05) is 159 Å². The van der Waals surface area contributed by atoms with Gasteiger partial charge < -0.3 is 16.0 Å². The number of azo groups is 2. The van der Waals surface area contributed by atoms with Crippen molar-refractivity contribution in [3.8, 4) is 22.4 Å². The van der Waals surface area contributed by atoms with E-state index in [1.54, 1.807) is 20.7 Å². The lowest BCUT2D eigenvalue weighted by Crippen LogP contribution is -2.15. The lowest BCUT2D eigenvalue weighted by atomic mass is 9.89. The zero-order valence-electron chi connectivity index (χ0n) is 69.1. The number of hydrogen-bond acceptors (Lipinski definition) is 22. The topological polar surface area (TPSA) is 249 Å². The molecule has 8 heterocycles. The average molecular weight is 1640 g/mol. The Morgan fingerprint density at radius 2 is 0.735 bits per heavy atom. The van der Waals surface area contributed by atoms with Crippen molar-refractivity contribution in [2.75, 3.05) is 20.9 Å². The fraction of sp³-hybridized carbons (Fsp3) is 0.239. The van der Waals surface area contributed by atoms with Gasteiger partial charge in [-0.2, -0.15) is 30.1 Å². The molecule has 20 nitrogen and oxygen atoms in total. The third-order valence-corrected chi connectivity index (χ3v) is 23.9. The number of anilines is 9. The van der Waals surface area contributed by atoms with Crippen LogP contribution in [0.15, 0.2) is 178 Å². The lowest BCUT2D eigenvalue weighted by Gasteiger charge is -2.27. The van der Waals surface area contributed by atoms with E-state index in [-0.39, 0.29) is 0 Å². The van der Waals surface area contributed by atoms with Crippen LogP contribution >= 0.6 is 56.9 Å². The molecule has 0 unspecified atom stereocenters. The largest absolute Gasteiger partial charge is 0.340 e. The molecule has 117 heavy (non-hydrogen) atoms. The van der Waals surface area contributed by atoms with Crippen LogP contribution in [-0.4, -0.2) is 49.5 Å². The summed E-state index contributed by atoms with van der Waals surface area (Å²) < 4.78 is 8.18. The Balaban J connectivity index is 0.000000173. The summed E-state index contributed by atoms with van der Waals surface area (Å²) in [5, 5.41) is 63.2. The van der Waals surface area contributed by atoms with Crippen molar-refractivity contribution in [3.63, 3.8) is 0 Å². The van der Waals surface area contributed by atoms with Gasteiger partial charge in [0.05, 0.1) is 57.9 Å². The summed E-state index contributed by atoms with van der Waals surface area (Å²) >= 11 is 11.8. The maximum absolute atomic E-state index is 10.6. The Bertz CT molecular complexity index is 6490. The molecule has 25 heteroatoms. The number of hydrogen-bond donors (Lipinski definition) is 3. The molecule has 3 N–H and O–H groups in total. The monoisotopic (exact) mass is 1640 g/mol. The number of nitrogens with one attached hydrogen (secondary N) is 3. The van der Waals surface area contributed by atoms with Crippen molar-refractivity contribution in [1.29, 1.82) is 10.5 Å². The van der Waals surface area contributed by atoms with Gasteiger partial charge in [-0.15, -0.1) is 31.8 Å². The van der Waals surface area contributed by atoms with Crippen LogP contribution in [-0.2, 0) is 10.8 Å². The lowest BCUT2D eigenvalue weighted by molar-refractivity contribution is 0.558. The smallest absolute Gasteiger partial charge is 0.213 e. The minimum Gasteiger partial charge on any atom is -0.340 e. The Hall–Kier alpha value is -12.3.